The van der Waals surface area contributed by atoms with Crippen LogP contribution in [0.1, 0.15) is 5.56 Å². The summed E-state index contributed by atoms with van der Waals surface area (Å²) < 4.78 is 25.9. The van der Waals surface area contributed by atoms with Crippen LogP contribution in [0.3, 0.4) is 0 Å². The van der Waals surface area contributed by atoms with Gasteiger partial charge in [0.15, 0.2) is 5.82 Å². The second kappa shape index (κ2) is 5.87. The minimum Gasteiger partial charge on any atom is -0.254 e. The van der Waals surface area contributed by atoms with Gasteiger partial charge in [-0.05, 0) is 23.8 Å². The Labute approximate surface area is 104 Å². The van der Waals surface area contributed by atoms with Crippen molar-refractivity contribution in [3.05, 3.63) is 71.8 Å². The Hall–Kier alpha value is -2.29. The maximum atomic E-state index is 13.2. The summed E-state index contributed by atoms with van der Waals surface area (Å²) in [6.45, 7) is 0. The summed E-state index contributed by atoms with van der Waals surface area (Å²) >= 11 is 0. The molecule has 0 heterocycles. The lowest BCUT2D eigenvalue weighted by molar-refractivity contribution is 0.585. The summed E-state index contributed by atoms with van der Waals surface area (Å²) in [5, 5.41) is 0. The van der Waals surface area contributed by atoms with E-state index in [0.717, 1.165) is 11.6 Å². The number of halogens is 2. The lowest BCUT2D eigenvalue weighted by Crippen LogP contribution is -1.79. The van der Waals surface area contributed by atoms with Crippen LogP contribution in [-0.2, 0) is 0 Å². The van der Waals surface area contributed by atoms with E-state index in [1.54, 1.807) is 6.08 Å². The maximum Gasteiger partial charge on any atom is 0.151 e. The fourth-order valence-corrected chi connectivity index (χ4v) is 1.43. The van der Waals surface area contributed by atoms with E-state index >= 15 is 0 Å². The Morgan fingerprint density at radius 3 is 2.44 bits per heavy atom. The molecule has 0 unspecified atom stereocenters. The SMILES string of the molecule is Fc1ccc(N=C/C=C\c2ccccc2)c(F)c1. The van der Waals surface area contributed by atoms with E-state index in [2.05, 4.69) is 4.99 Å². The van der Waals surface area contributed by atoms with Crippen LogP contribution in [-0.4, -0.2) is 6.21 Å². The highest BCUT2D eigenvalue weighted by molar-refractivity contribution is 5.80. The molecule has 2 rings (SSSR count). The molecule has 2 aromatic carbocycles. The molecule has 0 atom stereocenters. The van der Waals surface area contributed by atoms with Crippen molar-refractivity contribution in [2.45, 2.75) is 0 Å². The number of rotatable bonds is 3. The van der Waals surface area contributed by atoms with Crippen LogP contribution < -0.4 is 0 Å². The van der Waals surface area contributed by atoms with Gasteiger partial charge >= 0.3 is 0 Å². The number of hydrogen-bond acceptors (Lipinski definition) is 1. The quantitative estimate of drug-likeness (QED) is 0.709. The Morgan fingerprint density at radius 2 is 1.72 bits per heavy atom. The molecule has 0 spiro atoms. The molecule has 2 aromatic rings. The summed E-state index contributed by atoms with van der Waals surface area (Å²) in [5.41, 5.74) is 1.15. The molecule has 90 valence electrons. The molecule has 3 heteroatoms. The predicted octanol–water partition coefficient (Wildman–Crippen LogP) is 4.38. The van der Waals surface area contributed by atoms with Crippen LogP contribution in [0.4, 0.5) is 14.5 Å². The van der Waals surface area contributed by atoms with Gasteiger partial charge in [-0.15, -0.1) is 0 Å². The highest BCUT2D eigenvalue weighted by Crippen LogP contribution is 2.17. The van der Waals surface area contributed by atoms with E-state index in [1.807, 2.05) is 36.4 Å². The van der Waals surface area contributed by atoms with Gasteiger partial charge in [0.25, 0.3) is 0 Å². The molecule has 0 amide bonds. The first kappa shape index (κ1) is 12.2. The van der Waals surface area contributed by atoms with Crippen LogP contribution >= 0.6 is 0 Å². The molecule has 0 saturated carbocycles. The summed E-state index contributed by atoms with van der Waals surface area (Å²) in [4.78, 5) is 3.91. The van der Waals surface area contributed by atoms with E-state index in [0.29, 0.717) is 0 Å². The van der Waals surface area contributed by atoms with Crippen molar-refractivity contribution >= 4 is 18.0 Å². The van der Waals surface area contributed by atoms with Crippen LogP contribution in [0.5, 0.6) is 0 Å². The van der Waals surface area contributed by atoms with Gasteiger partial charge in [0.2, 0.25) is 0 Å². The third-order valence-electron chi connectivity index (χ3n) is 2.30. The van der Waals surface area contributed by atoms with Crippen molar-refractivity contribution in [3.8, 4) is 0 Å². The van der Waals surface area contributed by atoms with Gasteiger partial charge in [-0.2, -0.15) is 0 Å². The number of hydrogen-bond donors (Lipinski definition) is 0. The maximum absolute atomic E-state index is 13.2. The van der Waals surface area contributed by atoms with Crippen LogP contribution in [0.25, 0.3) is 6.08 Å². The normalized spacial score (nSPS) is 11.4. The van der Waals surface area contributed by atoms with E-state index in [1.165, 1.54) is 18.3 Å². The topological polar surface area (TPSA) is 12.4 Å². The largest absolute Gasteiger partial charge is 0.254 e. The predicted molar refractivity (Wildman–Crippen MR) is 70.0 cm³/mol. The van der Waals surface area contributed by atoms with Crippen molar-refractivity contribution in [2.75, 3.05) is 0 Å². The third kappa shape index (κ3) is 3.35. The fraction of sp³-hybridized carbons (Fsp3) is 0. The van der Waals surface area contributed by atoms with Crippen molar-refractivity contribution in [1.82, 2.24) is 0 Å². The summed E-state index contributed by atoms with van der Waals surface area (Å²) in [5.74, 6) is -1.27. The van der Waals surface area contributed by atoms with Gasteiger partial charge in [-0.1, -0.05) is 36.4 Å². The highest BCUT2D eigenvalue weighted by Gasteiger charge is 2.00. The monoisotopic (exact) mass is 243 g/mol. The van der Waals surface area contributed by atoms with E-state index in [9.17, 15) is 8.78 Å². The van der Waals surface area contributed by atoms with Gasteiger partial charge in [-0.3, -0.25) is 4.99 Å². The average molecular weight is 243 g/mol. The Balaban J connectivity index is 2.06. The average Bonchev–Trinajstić information content (AvgIpc) is 2.38. The molecule has 0 fully saturated rings. The zero-order valence-corrected chi connectivity index (χ0v) is 9.55. The highest BCUT2D eigenvalue weighted by atomic mass is 19.1. The third-order valence-corrected chi connectivity index (χ3v) is 2.30. The second-order valence-corrected chi connectivity index (χ2v) is 3.64. The molecule has 0 aliphatic heterocycles. The van der Waals surface area contributed by atoms with Gasteiger partial charge in [0, 0.05) is 12.3 Å². The molecule has 1 nitrogen and oxygen atoms in total. The molecule has 0 aliphatic carbocycles. The molecular formula is C15H11F2N. The van der Waals surface area contributed by atoms with Gasteiger partial charge in [-0.25, -0.2) is 8.78 Å². The van der Waals surface area contributed by atoms with Crippen LogP contribution in [0.15, 0.2) is 59.6 Å². The zero-order valence-electron chi connectivity index (χ0n) is 9.55. The minimum atomic E-state index is -0.667. The number of benzene rings is 2. The summed E-state index contributed by atoms with van der Waals surface area (Å²) in [7, 11) is 0. The van der Waals surface area contributed by atoms with Gasteiger partial charge in [0.1, 0.15) is 5.82 Å². The first-order chi connectivity index (χ1) is 8.75. The molecule has 0 radical (unpaired) electrons. The number of aliphatic imine (C=N–C) groups is 1. The smallest absolute Gasteiger partial charge is 0.151 e. The summed E-state index contributed by atoms with van der Waals surface area (Å²) in [6.07, 6.45) is 5.03. The minimum absolute atomic E-state index is 0.120. The lowest BCUT2D eigenvalue weighted by atomic mass is 10.2. The second-order valence-electron chi connectivity index (χ2n) is 3.64. The Morgan fingerprint density at radius 1 is 0.944 bits per heavy atom. The lowest BCUT2D eigenvalue weighted by Gasteiger charge is -1.95. The van der Waals surface area contributed by atoms with Crippen molar-refractivity contribution in [2.24, 2.45) is 4.99 Å². The molecule has 18 heavy (non-hydrogen) atoms. The van der Waals surface area contributed by atoms with E-state index in [4.69, 9.17) is 0 Å². The van der Waals surface area contributed by atoms with Gasteiger partial charge in [0.05, 0.1) is 5.69 Å². The van der Waals surface area contributed by atoms with E-state index in [-0.39, 0.29) is 5.69 Å². The molecular weight excluding hydrogens is 232 g/mol. The molecule has 0 saturated heterocycles. The zero-order chi connectivity index (χ0) is 12.8. The number of nitrogens with zero attached hydrogens (tertiary/aromatic N) is 1. The molecule has 0 aliphatic rings. The fourth-order valence-electron chi connectivity index (χ4n) is 1.43. The molecule has 0 bridgehead atoms. The van der Waals surface area contributed by atoms with Crippen LogP contribution in [0.2, 0.25) is 0 Å². The molecule has 0 N–H and O–H groups in total. The van der Waals surface area contributed by atoms with Crippen molar-refractivity contribution in [1.29, 1.82) is 0 Å². The molecule has 0 aromatic heterocycles. The van der Waals surface area contributed by atoms with E-state index < -0.39 is 11.6 Å². The summed E-state index contributed by atoms with van der Waals surface area (Å²) in [6, 6.07) is 13.0. The van der Waals surface area contributed by atoms with Gasteiger partial charge < -0.3 is 0 Å². The van der Waals surface area contributed by atoms with Crippen LogP contribution in [0, 0.1) is 11.6 Å². The number of allylic oxidation sites excluding steroid dienone is 1. The standard InChI is InChI=1S/C15H11F2N/c16-13-8-9-15(14(17)11-13)18-10-4-7-12-5-2-1-3-6-12/h1-11H/b7-4-,18-10?. The van der Waals surface area contributed by atoms with Crippen molar-refractivity contribution in [3.63, 3.8) is 0 Å². The van der Waals surface area contributed by atoms with Crippen molar-refractivity contribution < 1.29 is 8.78 Å². The Kier molecular flexibility index (Phi) is 3.97. The Bertz CT molecular complexity index is 574. The first-order valence-corrected chi connectivity index (χ1v) is 5.46. The first-order valence-electron chi connectivity index (χ1n) is 5.46.